The van der Waals surface area contributed by atoms with E-state index in [-0.39, 0.29) is 17.2 Å². The summed E-state index contributed by atoms with van der Waals surface area (Å²) in [4.78, 5) is 31.2. The SMILES string of the molecule is COc1cccc(CN2CCCC3(CCN(CCC(=O)N(C)C)C3)C2=O)c1OC. The maximum atomic E-state index is 13.5. The van der Waals surface area contributed by atoms with Gasteiger partial charge in [-0.25, -0.2) is 0 Å². The Labute approximate surface area is 173 Å². The van der Waals surface area contributed by atoms with Crippen molar-refractivity contribution in [3.05, 3.63) is 23.8 Å². The van der Waals surface area contributed by atoms with Gasteiger partial charge in [0.25, 0.3) is 0 Å². The molecule has 0 saturated carbocycles. The van der Waals surface area contributed by atoms with Crippen LogP contribution in [-0.4, -0.2) is 81.0 Å². The summed E-state index contributed by atoms with van der Waals surface area (Å²) < 4.78 is 10.9. The molecule has 7 nitrogen and oxygen atoms in total. The Morgan fingerprint density at radius 3 is 2.66 bits per heavy atom. The van der Waals surface area contributed by atoms with Gasteiger partial charge in [-0.2, -0.15) is 0 Å². The number of likely N-dealkylation sites (tertiary alicyclic amines) is 2. The summed E-state index contributed by atoms with van der Waals surface area (Å²) in [5, 5.41) is 0. The molecule has 2 saturated heterocycles. The molecule has 1 spiro atoms. The highest BCUT2D eigenvalue weighted by Gasteiger charge is 2.48. The summed E-state index contributed by atoms with van der Waals surface area (Å²) in [6.45, 7) is 3.64. The summed E-state index contributed by atoms with van der Waals surface area (Å²) in [7, 11) is 6.81. The molecule has 1 aromatic carbocycles. The molecule has 0 N–H and O–H groups in total. The number of ether oxygens (including phenoxy) is 2. The van der Waals surface area contributed by atoms with E-state index in [4.69, 9.17) is 9.47 Å². The van der Waals surface area contributed by atoms with Gasteiger partial charge in [-0.3, -0.25) is 9.59 Å². The van der Waals surface area contributed by atoms with E-state index in [9.17, 15) is 9.59 Å². The number of benzene rings is 1. The van der Waals surface area contributed by atoms with Crippen LogP contribution in [0.3, 0.4) is 0 Å². The topological polar surface area (TPSA) is 62.3 Å². The molecule has 0 aliphatic carbocycles. The molecule has 2 aliphatic rings. The molecule has 2 amide bonds. The molecule has 160 valence electrons. The average Bonchev–Trinajstić information content (AvgIpc) is 3.13. The first-order valence-electron chi connectivity index (χ1n) is 10.3. The zero-order valence-electron chi connectivity index (χ0n) is 18.1. The second-order valence-electron chi connectivity index (χ2n) is 8.33. The number of hydrogen-bond acceptors (Lipinski definition) is 5. The zero-order chi connectivity index (χ0) is 21.0. The smallest absolute Gasteiger partial charge is 0.230 e. The second-order valence-corrected chi connectivity index (χ2v) is 8.33. The predicted molar refractivity (Wildman–Crippen MR) is 111 cm³/mol. The van der Waals surface area contributed by atoms with Crippen LogP contribution >= 0.6 is 0 Å². The van der Waals surface area contributed by atoms with E-state index < -0.39 is 0 Å². The van der Waals surface area contributed by atoms with Crippen molar-refractivity contribution in [1.82, 2.24) is 14.7 Å². The standard InChI is InChI=1S/C22H33N3O4/c1-23(2)19(26)9-13-24-14-11-22(16-24)10-6-12-25(21(22)27)15-17-7-5-8-18(28-3)20(17)29-4/h5,7-8H,6,9-16H2,1-4H3. The first-order chi connectivity index (χ1) is 13.9. The van der Waals surface area contributed by atoms with E-state index in [2.05, 4.69) is 4.90 Å². The Morgan fingerprint density at radius 1 is 1.17 bits per heavy atom. The quantitative estimate of drug-likeness (QED) is 0.697. The number of nitrogens with zero attached hydrogens (tertiary/aromatic N) is 3. The van der Waals surface area contributed by atoms with Gasteiger partial charge in [0, 0.05) is 52.3 Å². The van der Waals surface area contributed by atoms with Crippen molar-refractivity contribution in [2.45, 2.75) is 32.2 Å². The number of methoxy groups -OCH3 is 2. The van der Waals surface area contributed by atoms with E-state index in [1.807, 2.05) is 23.1 Å². The van der Waals surface area contributed by atoms with Crippen molar-refractivity contribution in [3.63, 3.8) is 0 Å². The molecular weight excluding hydrogens is 370 g/mol. The summed E-state index contributed by atoms with van der Waals surface area (Å²) in [5.41, 5.74) is 0.648. The van der Waals surface area contributed by atoms with Crippen LogP contribution in [0, 0.1) is 5.41 Å². The fourth-order valence-electron chi connectivity index (χ4n) is 4.59. The third-order valence-electron chi connectivity index (χ3n) is 6.24. The average molecular weight is 404 g/mol. The molecule has 7 heteroatoms. The van der Waals surface area contributed by atoms with Gasteiger partial charge in [0.05, 0.1) is 19.6 Å². The first-order valence-corrected chi connectivity index (χ1v) is 10.3. The Hall–Kier alpha value is -2.28. The largest absolute Gasteiger partial charge is 0.493 e. The minimum Gasteiger partial charge on any atom is -0.493 e. The lowest BCUT2D eigenvalue weighted by atomic mass is 9.78. The van der Waals surface area contributed by atoms with Crippen molar-refractivity contribution in [1.29, 1.82) is 0 Å². The van der Waals surface area contributed by atoms with Gasteiger partial charge in [0.15, 0.2) is 11.5 Å². The number of piperidine rings is 1. The Balaban J connectivity index is 1.67. The lowest BCUT2D eigenvalue weighted by molar-refractivity contribution is -0.146. The van der Waals surface area contributed by atoms with Crippen molar-refractivity contribution in [2.75, 3.05) is 54.5 Å². The number of rotatable bonds is 7. The molecule has 29 heavy (non-hydrogen) atoms. The van der Waals surface area contributed by atoms with Crippen LogP contribution in [0.2, 0.25) is 0 Å². The summed E-state index contributed by atoms with van der Waals surface area (Å²) >= 11 is 0. The Bertz CT molecular complexity index is 752. The Morgan fingerprint density at radius 2 is 1.97 bits per heavy atom. The fourth-order valence-corrected chi connectivity index (χ4v) is 4.59. The highest BCUT2D eigenvalue weighted by Crippen LogP contribution is 2.41. The minimum absolute atomic E-state index is 0.132. The fraction of sp³-hybridized carbons (Fsp3) is 0.636. The van der Waals surface area contributed by atoms with E-state index in [0.717, 1.165) is 51.0 Å². The minimum atomic E-state index is -0.314. The summed E-state index contributed by atoms with van der Waals surface area (Å²) in [5.74, 6) is 1.74. The highest BCUT2D eigenvalue weighted by molar-refractivity contribution is 5.84. The molecule has 2 heterocycles. The van der Waals surface area contributed by atoms with Crippen LogP contribution in [0.4, 0.5) is 0 Å². The lowest BCUT2D eigenvalue weighted by Crippen LogP contribution is -2.49. The van der Waals surface area contributed by atoms with Crippen LogP contribution < -0.4 is 9.47 Å². The van der Waals surface area contributed by atoms with Crippen LogP contribution in [0.15, 0.2) is 18.2 Å². The third kappa shape index (κ3) is 4.50. The molecule has 0 bridgehead atoms. The predicted octanol–water partition coefficient (Wildman–Crippen LogP) is 2.00. The van der Waals surface area contributed by atoms with Gasteiger partial charge >= 0.3 is 0 Å². The molecule has 2 aliphatic heterocycles. The van der Waals surface area contributed by atoms with Crippen molar-refractivity contribution < 1.29 is 19.1 Å². The normalized spacial score (nSPS) is 22.2. The Kier molecular flexibility index (Phi) is 6.67. The summed E-state index contributed by atoms with van der Waals surface area (Å²) in [6.07, 6.45) is 3.30. The van der Waals surface area contributed by atoms with E-state index in [0.29, 0.717) is 24.5 Å². The van der Waals surface area contributed by atoms with Crippen molar-refractivity contribution in [3.8, 4) is 11.5 Å². The lowest BCUT2D eigenvalue weighted by Gasteiger charge is -2.39. The van der Waals surface area contributed by atoms with Gasteiger partial charge in [-0.1, -0.05) is 12.1 Å². The van der Waals surface area contributed by atoms with Crippen molar-refractivity contribution in [2.24, 2.45) is 5.41 Å². The molecular formula is C22H33N3O4. The van der Waals surface area contributed by atoms with Crippen LogP contribution in [-0.2, 0) is 16.1 Å². The number of carbonyl (C=O) groups excluding carboxylic acids is 2. The van der Waals surface area contributed by atoms with Crippen LogP contribution in [0.5, 0.6) is 11.5 Å². The number of carbonyl (C=O) groups is 2. The van der Waals surface area contributed by atoms with E-state index in [1.54, 1.807) is 33.2 Å². The molecule has 0 aromatic heterocycles. The van der Waals surface area contributed by atoms with E-state index >= 15 is 0 Å². The van der Waals surface area contributed by atoms with E-state index in [1.165, 1.54) is 0 Å². The molecule has 2 fully saturated rings. The highest BCUT2D eigenvalue weighted by atomic mass is 16.5. The third-order valence-corrected chi connectivity index (χ3v) is 6.24. The number of para-hydroxylation sites is 1. The second kappa shape index (κ2) is 9.03. The first kappa shape index (κ1) is 21.4. The monoisotopic (exact) mass is 403 g/mol. The molecule has 1 aromatic rings. The maximum Gasteiger partial charge on any atom is 0.230 e. The van der Waals surface area contributed by atoms with Gasteiger partial charge in [-0.15, -0.1) is 0 Å². The van der Waals surface area contributed by atoms with Crippen molar-refractivity contribution >= 4 is 11.8 Å². The van der Waals surface area contributed by atoms with Gasteiger partial charge in [0.2, 0.25) is 11.8 Å². The molecule has 3 rings (SSSR count). The molecule has 1 unspecified atom stereocenters. The van der Waals surface area contributed by atoms with Gasteiger partial charge < -0.3 is 24.2 Å². The zero-order valence-corrected chi connectivity index (χ0v) is 18.1. The summed E-state index contributed by atoms with van der Waals surface area (Å²) in [6, 6.07) is 5.79. The number of amides is 2. The van der Waals surface area contributed by atoms with Gasteiger partial charge in [-0.05, 0) is 31.9 Å². The van der Waals surface area contributed by atoms with Gasteiger partial charge in [0.1, 0.15) is 0 Å². The maximum absolute atomic E-state index is 13.5. The molecule has 0 radical (unpaired) electrons. The molecule has 1 atom stereocenters. The van der Waals surface area contributed by atoms with Crippen LogP contribution in [0.1, 0.15) is 31.2 Å². The van der Waals surface area contributed by atoms with Crippen LogP contribution in [0.25, 0.3) is 0 Å². The number of hydrogen-bond donors (Lipinski definition) is 0.